The number of ether oxygens (including phenoxy) is 1. The second-order valence-electron chi connectivity index (χ2n) is 5.77. The van der Waals surface area contributed by atoms with E-state index in [2.05, 4.69) is 29.1 Å². The smallest absolute Gasteiger partial charge is 0.218 e. The monoisotopic (exact) mass is 249 g/mol. The van der Waals surface area contributed by atoms with Crippen LogP contribution in [0.1, 0.15) is 45.4 Å². The van der Waals surface area contributed by atoms with Crippen molar-refractivity contribution >= 4 is 5.82 Å². The first-order valence-electron chi connectivity index (χ1n) is 6.67. The lowest BCUT2D eigenvalue weighted by atomic mass is 9.73. The summed E-state index contributed by atoms with van der Waals surface area (Å²) in [6.45, 7) is 6.55. The molecule has 1 aliphatic carbocycles. The summed E-state index contributed by atoms with van der Waals surface area (Å²) in [5.41, 5.74) is 0.324. The van der Waals surface area contributed by atoms with Crippen LogP contribution >= 0.6 is 0 Å². The van der Waals surface area contributed by atoms with E-state index in [1.807, 2.05) is 13.0 Å². The Bertz CT molecular complexity index is 418. The Morgan fingerprint density at radius 2 is 2.11 bits per heavy atom. The largest absolute Gasteiger partial charge is 0.481 e. The van der Waals surface area contributed by atoms with Crippen LogP contribution in [0.2, 0.25) is 0 Å². The zero-order valence-electron chi connectivity index (χ0n) is 11.8. The lowest BCUT2D eigenvalue weighted by Crippen LogP contribution is -2.39. The highest BCUT2D eigenvalue weighted by Gasteiger charge is 2.32. The van der Waals surface area contributed by atoms with Gasteiger partial charge >= 0.3 is 0 Å². The molecule has 4 nitrogen and oxygen atoms in total. The van der Waals surface area contributed by atoms with Gasteiger partial charge in [-0.2, -0.15) is 4.98 Å². The first kappa shape index (κ1) is 13.1. The van der Waals surface area contributed by atoms with Crippen LogP contribution in [-0.2, 0) is 0 Å². The van der Waals surface area contributed by atoms with Crippen LogP contribution in [0, 0.1) is 12.3 Å². The van der Waals surface area contributed by atoms with Gasteiger partial charge in [0.05, 0.1) is 7.11 Å². The van der Waals surface area contributed by atoms with Crippen molar-refractivity contribution in [1.29, 1.82) is 0 Å². The van der Waals surface area contributed by atoms with E-state index in [1.54, 1.807) is 7.11 Å². The van der Waals surface area contributed by atoms with Gasteiger partial charge in [0.2, 0.25) is 5.88 Å². The minimum Gasteiger partial charge on any atom is -0.481 e. The molecule has 1 aliphatic rings. The fourth-order valence-electron chi connectivity index (χ4n) is 2.66. The van der Waals surface area contributed by atoms with E-state index >= 15 is 0 Å². The Hall–Kier alpha value is -1.32. The molecule has 0 amide bonds. The molecule has 1 N–H and O–H groups in total. The SMILES string of the molecule is COc1cc(NC2CCCCC2(C)C)nc(C)n1. The van der Waals surface area contributed by atoms with Crippen LogP contribution in [0.5, 0.6) is 5.88 Å². The Labute approximate surface area is 109 Å². The maximum absolute atomic E-state index is 5.19. The molecule has 1 aromatic heterocycles. The number of methoxy groups -OCH3 is 1. The molecule has 1 heterocycles. The highest BCUT2D eigenvalue weighted by atomic mass is 16.5. The van der Waals surface area contributed by atoms with Crippen molar-refractivity contribution < 1.29 is 4.74 Å². The van der Waals surface area contributed by atoms with Crippen molar-refractivity contribution in [2.75, 3.05) is 12.4 Å². The maximum atomic E-state index is 5.19. The van der Waals surface area contributed by atoms with E-state index in [-0.39, 0.29) is 0 Å². The molecule has 4 heteroatoms. The molecule has 0 spiro atoms. The van der Waals surface area contributed by atoms with Gasteiger partial charge in [0, 0.05) is 12.1 Å². The van der Waals surface area contributed by atoms with Crippen LogP contribution < -0.4 is 10.1 Å². The number of anilines is 1. The predicted octanol–water partition coefficient (Wildman–Crippen LogP) is 3.17. The maximum Gasteiger partial charge on any atom is 0.218 e. The number of nitrogens with one attached hydrogen (secondary N) is 1. The molecule has 0 aromatic carbocycles. The lowest BCUT2D eigenvalue weighted by molar-refractivity contribution is 0.216. The molecule has 1 aromatic rings. The van der Waals surface area contributed by atoms with Gasteiger partial charge in [-0.3, -0.25) is 0 Å². The van der Waals surface area contributed by atoms with Gasteiger partial charge in [0.15, 0.2) is 0 Å². The summed E-state index contributed by atoms with van der Waals surface area (Å²) < 4.78 is 5.19. The minimum atomic E-state index is 0.324. The van der Waals surface area contributed by atoms with Crippen molar-refractivity contribution in [3.8, 4) is 5.88 Å². The van der Waals surface area contributed by atoms with Gasteiger partial charge in [-0.15, -0.1) is 0 Å². The van der Waals surface area contributed by atoms with Crippen LogP contribution in [0.4, 0.5) is 5.82 Å². The number of hydrogen-bond acceptors (Lipinski definition) is 4. The Morgan fingerprint density at radius 3 is 2.78 bits per heavy atom. The summed E-state index contributed by atoms with van der Waals surface area (Å²) >= 11 is 0. The first-order valence-corrected chi connectivity index (χ1v) is 6.67. The summed E-state index contributed by atoms with van der Waals surface area (Å²) in [4.78, 5) is 8.65. The molecule has 0 aliphatic heterocycles. The highest BCUT2D eigenvalue weighted by molar-refractivity contribution is 5.40. The molecule has 2 rings (SSSR count). The molecule has 100 valence electrons. The van der Waals surface area contributed by atoms with E-state index < -0.39 is 0 Å². The second-order valence-corrected chi connectivity index (χ2v) is 5.77. The third-order valence-electron chi connectivity index (χ3n) is 3.85. The van der Waals surface area contributed by atoms with E-state index in [1.165, 1.54) is 25.7 Å². The number of aryl methyl sites for hydroxylation is 1. The molecule has 0 bridgehead atoms. The predicted molar refractivity (Wildman–Crippen MR) is 73.0 cm³/mol. The first-order chi connectivity index (χ1) is 8.51. The molecular formula is C14H23N3O. The van der Waals surface area contributed by atoms with Crippen molar-refractivity contribution in [2.45, 2.75) is 52.5 Å². The van der Waals surface area contributed by atoms with Crippen molar-refractivity contribution in [3.05, 3.63) is 11.9 Å². The summed E-state index contributed by atoms with van der Waals surface area (Å²) in [5, 5.41) is 3.56. The van der Waals surface area contributed by atoms with Crippen molar-refractivity contribution in [3.63, 3.8) is 0 Å². The third-order valence-corrected chi connectivity index (χ3v) is 3.85. The van der Waals surface area contributed by atoms with Crippen LogP contribution in [0.3, 0.4) is 0 Å². The van der Waals surface area contributed by atoms with E-state index in [4.69, 9.17) is 4.74 Å². The van der Waals surface area contributed by atoms with Crippen molar-refractivity contribution in [2.24, 2.45) is 5.41 Å². The molecule has 0 radical (unpaired) electrons. The highest BCUT2D eigenvalue weighted by Crippen LogP contribution is 2.37. The van der Waals surface area contributed by atoms with Gasteiger partial charge in [0.25, 0.3) is 0 Å². The molecule has 1 fully saturated rings. The lowest BCUT2D eigenvalue weighted by Gasteiger charge is -2.39. The second kappa shape index (κ2) is 5.12. The zero-order valence-corrected chi connectivity index (χ0v) is 11.8. The summed E-state index contributed by atoms with van der Waals surface area (Å²) in [6, 6.07) is 2.35. The third kappa shape index (κ3) is 2.92. The Morgan fingerprint density at radius 1 is 1.33 bits per heavy atom. The van der Waals surface area contributed by atoms with Gasteiger partial charge in [-0.05, 0) is 25.2 Å². The van der Waals surface area contributed by atoms with Gasteiger partial charge in [0.1, 0.15) is 11.6 Å². The average Bonchev–Trinajstić information content (AvgIpc) is 2.31. The topological polar surface area (TPSA) is 47.0 Å². The van der Waals surface area contributed by atoms with Crippen LogP contribution in [0.25, 0.3) is 0 Å². The fourth-order valence-corrected chi connectivity index (χ4v) is 2.66. The van der Waals surface area contributed by atoms with Gasteiger partial charge < -0.3 is 10.1 Å². The average molecular weight is 249 g/mol. The van der Waals surface area contributed by atoms with Gasteiger partial charge in [-0.1, -0.05) is 26.7 Å². The molecule has 18 heavy (non-hydrogen) atoms. The van der Waals surface area contributed by atoms with Crippen molar-refractivity contribution in [1.82, 2.24) is 9.97 Å². The standard InChI is InChI=1S/C14H23N3O/c1-10-15-12(9-13(16-10)18-4)17-11-7-5-6-8-14(11,2)3/h9,11H,5-8H2,1-4H3,(H,15,16,17). The van der Waals surface area contributed by atoms with Crippen LogP contribution in [0.15, 0.2) is 6.07 Å². The Balaban J connectivity index is 2.15. The molecule has 1 unspecified atom stereocenters. The zero-order chi connectivity index (χ0) is 13.2. The molecule has 1 atom stereocenters. The van der Waals surface area contributed by atoms with Crippen LogP contribution in [-0.4, -0.2) is 23.1 Å². The molecular weight excluding hydrogens is 226 g/mol. The van der Waals surface area contributed by atoms with E-state index in [0.29, 0.717) is 17.3 Å². The number of nitrogens with zero attached hydrogens (tertiary/aromatic N) is 2. The number of hydrogen-bond donors (Lipinski definition) is 1. The quantitative estimate of drug-likeness (QED) is 0.893. The van der Waals surface area contributed by atoms with E-state index in [9.17, 15) is 0 Å². The normalized spacial score (nSPS) is 22.6. The summed E-state index contributed by atoms with van der Waals surface area (Å²) in [6.07, 6.45) is 5.10. The fraction of sp³-hybridized carbons (Fsp3) is 0.714. The summed E-state index contributed by atoms with van der Waals surface area (Å²) in [7, 11) is 1.64. The van der Waals surface area contributed by atoms with Gasteiger partial charge in [-0.25, -0.2) is 4.98 Å². The minimum absolute atomic E-state index is 0.324. The molecule has 0 saturated heterocycles. The Kier molecular flexibility index (Phi) is 3.73. The molecule has 1 saturated carbocycles. The number of aromatic nitrogens is 2. The van der Waals surface area contributed by atoms with E-state index in [0.717, 1.165) is 11.6 Å². The summed E-state index contributed by atoms with van der Waals surface area (Å²) in [5.74, 6) is 2.24. The number of rotatable bonds is 3.